The van der Waals surface area contributed by atoms with E-state index in [1.165, 1.54) is 12.0 Å². The van der Waals surface area contributed by atoms with Crippen LogP contribution in [0.25, 0.3) is 0 Å². The molecule has 0 aromatic carbocycles. The molecule has 16 heavy (non-hydrogen) atoms. The van der Waals surface area contributed by atoms with Gasteiger partial charge in [-0.25, -0.2) is 8.93 Å². The first-order valence-electron chi connectivity index (χ1n) is 5.66. The van der Waals surface area contributed by atoms with Crippen molar-refractivity contribution in [2.24, 2.45) is 0 Å². The fraction of sp³-hybridized carbons (Fsp3) is 0.667. The largest absolute Gasteiger partial charge is 0.242 e. The van der Waals surface area contributed by atoms with Gasteiger partial charge in [-0.05, 0) is 62.4 Å². The third-order valence-electron chi connectivity index (χ3n) is 3.13. The molecule has 92 valence electrons. The Morgan fingerprint density at radius 2 is 2.19 bits per heavy atom. The molecule has 2 nitrogen and oxygen atoms in total. The van der Waals surface area contributed by atoms with Crippen LogP contribution in [0, 0.1) is 0 Å². The number of hydrogen-bond acceptors (Lipinski definition) is 2. The summed E-state index contributed by atoms with van der Waals surface area (Å²) in [5.41, 5.74) is 1.29. The summed E-state index contributed by atoms with van der Waals surface area (Å²) in [5, 5.41) is 4.27. The predicted molar refractivity (Wildman–Crippen MR) is 73.0 cm³/mol. The molecule has 1 aliphatic carbocycles. The van der Waals surface area contributed by atoms with Gasteiger partial charge in [-0.3, -0.25) is 0 Å². The SMILES string of the molecule is CC(C)(C)S(=O)NC1(c2ccsc2)CCC1.[HH]. The maximum absolute atomic E-state index is 12.2. The molecule has 2 rings (SSSR count). The van der Waals surface area contributed by atoms with Crippen molar-refractivity contribution in [3.05, 3.63) is 22.4 Å². The lowest BCUT2D eigenvalue weighted by Crippen LogP contribution is -2.51. The molecular formula is C12H21NOS2. The van der Waals surface area contributed by atoms with Crippen LogP contribution in [0.15, 0.2) is 16.8 Å². The molecule has 0 radical (unpaired) electrons. The van der Waals surface area contributed by atoms with Crippen LogP contribution in [0.3, 0.4) is 0 Å². The molecule has 0 bridgehead atoms. The molecule has 0 amide bonds. The van der Waals surface area contributed by atoms with Crippen LogP contribution < -0.4 is 4.72 Å². The van der Waals surface area contributed by atoms with E-state index >= 15 is 0 Å². The zero-order valence-corrected chi connectivity index (χ0v) is 11.7. The van der Waals surface area contributed by atoms with Gasteiger partial charge in [0.1, 0.15) is 0 Å². The van der Waals surface area contributed by atoms with Gasteiger partial charge < -0.3 is 0 Å². The first-order chi connectivity index (χ1) is 7.44. The van der Waals surface area contributed by atoms with Gasteiger partial charge >= 0.3 is 0 Å². The van der Waals surface area contributed by atoms with E-state index in [4.69, 9.17) is 0 Å². The van der Waals surface area contributed by atoms with Crippen LogP contribution in [-0.4, -0.2) is 8.96 Å². The van der Waals surface area contributed by atoms with Crippen molar-refractivity contribution in [1.29, 1.82) is 0 Å². The second-order valence-corrected chi connectivity index (χ2v) is 8.18. The smallest absolute Gasteiger partial charge is 0.0978 e. The van der Waals surface area contributed by atoms with E-state index in [2.05, 4.69) is 21.5 Å². The topological polar surface area (TPSA) is 29.1 Å². The summed E-state index contributed by atoms with van der Waals surface area (Å²) in [6, 6.07) is 2.15. The maximum Gasteiger partial charge on any atom is 0.0978 e. The van der Waals surface area contributed by atoms with E-state index in [1.807, 2.05) is 20.8 Å². The molecule has 1 saturated carbocycles. The zero-order valence-electron chi connectivity index (χ0n) is 10.1. The average molecular weight is 259 g/mol. The van der Waals surface area contributed by atoms with E-state index in [1.54, 1.807) is 11.3 Å². The third-order valence-corrected chi connectivity index (χ3v) is 5.50. The van der Waals surface area contributed by atoms with Crippen LogP contribution in [0.2, 0.25) is 0 Å². The quantitative estimate of drug-likeness (QED) is 0.885. The Morgan fingerprint density at radius 1 is 1.50 bits per heavy atom. The van der Waals surface area contributed by atoms with Gasteiger partial charge in [0.25, 0.3) is 0 Å². The number of thiophene rings is 1. The van der Waals surface area contributed by atoms with Crippen molar-refractivity contribution < 1.29 is 5.64 Å². The van der Waals surface area contributed by atoms with Crippen molar-refractivity contribution in [3.8, 4) is 0 Å². The second kappa shape index (κ2) is 4.24. The summed E-state index contributed by atoms with van der Waals surface area (Å²) in [7, 11) is -0.985. The monoisotopic (exact) mass is 259 g/mol. The van der Waals surface area contributed by atoms with Gasteiger partial charge in [0, 0.05) is 1.43 Å². The molecular weight excluding hydrogens is 238 g/mol. The van der Waals surface area contributed by atoms with E-state index in [-0.39, 0.29) is 11.7 Å². The molecule has 1 N–H and O–H groups in total. The summed E-state index contributed by atoms with van der Waals surface area (Å²) in [5.74, 6) is 0. The minimum Gasteiger partial charge on any atom is -0.242 e. The highest BCUT2D eigenvalue weighted by atomic mass is 32.2. The molecule has 1 fully saturated rings. The second-order valence-electron chi connectivity index (χ2n) is 5.43. The molecule has 0 saturated heterocycles. The van der Waals surface area contributed by atoms with E-state index in [0.29, 0.717) is 0 Å². The molecule has 1 atom stereocenters. The highest BCUT2D eigenvalue weighted by Crippen LogP contribution is 2.42. The average Bonchev–Trinajstić information content (AvgIpc) is 2.61. The first-order valence-corrected chi connectivity index (χ1v) is 7.76. The van der Waals surface area contributed by atoms with Crippen LogP contribution in [0.1, 0.15) is 47.0 Å². The first kappa shape index (κ1) is 12.3. The molecule has 1 aromatic heterocycles. The van der Waals surface area contributed by atoms with Gasteiger partial charge in [0.05, 0.1) is 21.3 Å². The van der Waals surface area contributed by atoms with Crippen LogP contribution >= 0.6 is 11.3 Å². The number of rotatable bonds is 3. The molecule has 1 heterocycles. The van der Waals surface area contributed by atoms with Crippen molar-refractivity contribution in [1.82, 2.24) is 4.72 Å². The van der Waals surface area contributed by atoms with Gasteiger partial charge in [-0.1, -0.05) is 0 Å². The summed E-state index contributed by atoms with van der Waals surface area (Å²) in [6.07, 6.45) is 3.43. The Balaban J connectivity index is 0.00000144. The Hall–Kier alpha value is -0.190. The van der Waals surface area contributed by atoms with Crippen LogP contribution in [0.4, 0.5) is 0 Å². The van der Waals surface area contributed by atoms with Gasteiger partial charge in [0.15, 0.2) is 0 Å². The Kier molecular flexibility index (Phi) is 3.25. The van der Waals surface area contributed by atoms with Crippen LogP contribution in [-0.2, 0) is 16.5 Å². The van der Waals surface area contributed by atoms with E-state index in [9.17, 15) is 4.21 Å². The Labute approximate surface area is 106 Å². The lowest BCUT2D eigenvalue weighted by molar-refractivity contribution is 0.227. The predicted octanol–water partition coefficient (Wildman–Crippen LogP) is 3.43. The van der Waals surface area contributed by atoms with Crippen molar-refractivity contribution in [3.63, 3.8) is 0 Å². The summed E-state index contributed by atoms with van der Waals surface area (Å²) in [6.45, 7) is 6.03. The van der Waals surface area contributed by atoms with E-state index < -0.39 is 11.0 Å². The van der Waals surface area contributed by atoms with Crippen molar-refractivity contribution >= 4 is 22.3 Å². The normalized spacial score (nSPS) is 21.4. The standard InChI is InChI=1S/C12H19NOS2.H2/c1-11(2,3)16(14)13-12(6-4-7-12)10-5-8-15-9-10;/h5,8-9,13H,4,6-7H2,1-3H3;1H. The molecule has 0 spiro atoms. The Bertz CT molecular complexity index is 380. The zero-order chi connectivity index (χ0) is 11.8. The fourth-order valence-electron chi connectivity index (χ4n) is 1.85. The number of hydrogen-bond donors (Lipinski definition) is 1. The summed E-state index contributed by atoms with van der Waals surface area (Å²) < 4.78 is 15.3. The number of nitrogens with one attached hydrogen (secondary N) is 1. The molecule has 1 aromatic rings. The van der Waals surface area contributed by atoms with Crippen molar-refractivity contribution in [2.75, 3.05) is 0 Å². The van der Waals surface area contributed by atoms with Crippen LogP contribution in [0.5, 0.6) is 0 Å². The van der Waals surface area contributed by atoms with Gasteiger partial charge in [-0.15, -0.1) is 0 Å². The minimum atomic E-state index is -0.985. The fourth-order valence-corrected chi connectivity index (χ4v) is 3.58. The lowest BCUT2D eigenvalue weighted by atomic mass is 9.74. The lowest BCUT2D eigenvalue weighted by Gasteiger charge is -2.43. The van der Waals surface area contributed by atoms with Crippen molar-refractivity contribution in [2.45, 2.75) is 50.3 Å². The summed E-state index contributed by atoms with van der Waals surface area (Å²) >= 11 is 1.71. The molecule has 4 heteroatoms. The summed E-state index contributed by atoms with van der Waals surface area (Å²) in [4.78, 5) is 0. The molecule has 1 unspecified atom stereocenters. The minimum absolute atomic E-state index is 0. The van der Waals surface area contributed by atoms with Gasteiger partial charge in [0.2, 0.25) is 0 Å². The molecule has 0 aliphatic heterocycles. The Morgan fingerprint density at radius 3 is 2.56 bits per heavy atom. The van der Waals surface area contributed by atoms with Gasteiger partial charge in [-0.2, -0.15) is 11.3 Å². The molecule has 1 aliphatic rings. The highest BCUT2D eigenvalue weighted by molar-refractivity contribution is 7.84. The maximum atomic E-state index is 12.2. The van der Waals surface area contributed by atoms with E-state index in [0.717, 1.165) is 12.8 Å². The highest BCUT2D eigenvalue weighted by Gasteiger charge is 2.41. The third kappa shape index (κ3) is 2.24.